The molecule has 0 heterocycles. The van der Waals surface area contributed by atoms with E-state index in [9.17, 15) is 10.0 Å². The van der Waals surface area contributed by atoms with Gasteiger partial charge in [-0.25, -0.2) is 0 Å². The molecule has 0 aliphatic heterocycles. The van der Waals surface area contributed by atoms with E-state index in [1.807, 2.05) is 18.2 Å². The maximum Gasteiger partial charge on any atom is 0.488 e. The molecule has 3 aliphatic carbocycles. The molecule has 3 aliphatic rings. The molecule has 0 saturated heterocycles. The molecule has 0 radical (unpaired) electrons. The van der Waals surface area contributed by atoms with Crippen molar-refractivity contribution < 1.29 is 10.0 Å². The van der Waals surface area contributed by atoms with Crippen molar-refractivity contribution in [3.05, 3.63) is 400 Å². The first kappa shape index (κ1) is 71.9. The highest BCUT2D eigenvalue weighted by Crippen LogP contribution is 2.57. The fraction of sp³-hybridized carbons (Fsp3) is 0.0796. The van der Waals surface area contributed by atoms with Crippen LogP contribution in [0.4, 0.5) is 0 Å². The smallest absolute Gasteiger partial charge is 0.423 e. The fourth-order valence-electron chi connectivity index (χ4n) is 20.6. The standard InChI is InChI=1S/C66H46.C28H16Br2.C19H17BO2/c1-65(2)59-29-23-45(33-55(59)57-31-41-19-11-13-21-43(41)35-61(57)65)53-37-51(39-15-7-5-8-16-39)47-26-28-50-54(38-52(40-17-9-6-10-18-40)48-25-27-49(53)63(47)64(48)50)46-24-30-60-56(34-46)58-32-42-20-12-14-22-44(42)36-62(58)66(60,3)4;29-25-15-23(17-7-3-1-4-8-17)19-11-13-22-26(30)16-24(18-9-5-2-6-10-18)20-12-14-21(25)27(19)28(20)22;1-19(2)17-8-7-14(20(21)22)11-16(17)15-9-12-5-3-4-6-13(12)10-18(15)19/h5-38H,1-4H3;1-16H;3-11,21-22H,1-2H3. The highest BCUT2D eigenvalue weighted by Gasteiger charge is 2.40. The summed E-state index contributed by atoms with van der Waals surface area (Å²) in [7, 11) is -1.43. The summed E-state index contributed by atoms with van der Waals surface area (Å²) in [5.74, 6) is 0. The second kappa shape index (κ2) is 27.3. The van der Waals surface area contributed by atoms with Gasteiger partial charge in [0.05, 0.1) is 0 Å². The Bertz CT molecular complexity index is 7350. The summed E-state index contributed by atoms with van der Waals surface area (Å²) >= 11 is 7.72. The van der Waals surface area contributed by atoms with Gasteiger partial charge in [0, 0.05) is 25.2 Å². The molecule has 0 aromatic heterocycles. The maximum absolute atomic E-state index is 9.46. The first-order valence-electron chi connectivity index (χ1n) is 40.9. The van der Waals surface area contributed by atoms with Gasteiger partial charge < -0.3 is 10.0 Å². The lowest BCUT2D eigenvalue weighted by Gasteiger charge is -2.23. The Hall–Kier alpha value is -12.6. The summed E-state index contributed by atoms with van der Waals surface area (Å²) in [5, 5.41) is 42.0. The van der Waals surface area contributed by atoms with Gasteiger partial charge in [-0.2, -0.15) is 0 Å². The molecule has 5 heteroatoms. The lowest BCUT2D eigenvalue weighted by molar-refractivity contribution is 0.425. The van der Waals surface area contributed by atoms with Crippen LogP contribution in [-0.4, -0.2) is 17.2 Å². The van der Waals surface area contributed by atoms with Crippen LogP contribution in [0.15, 0.2) is 367 Å². The summed E-state index contributed by atoms with van der Waals surface area (Å²) in [6.45, 7) is 14.0. The topological polar surface area (TPSA) is 40.5 Å². The van der Waals surface area contributed by atoms with Crippen molar-refractivity contribution in [3.8, 4) is 100 Å². The van der Waals surface area contributed by atoms with Crippen molar-refractivity contribution in [2.75, 3.05) is 0 Å². The van der Waals surface area contributed by atoms with E-state index in [0.717, 1.165) is 14.5 Å². The molecule has 2 nitrogen and oxygen atoms in total. The zero-order valence-electron chi connectivity index (χ0n) is 66.3. The zero-order valence-corrected chi connectivity index (χ0v) is 69.5. The second-order valence-electron chi connectivity index (χ2n) is 34.2. The first-order chi connectivity index (χ1) is 57.4. The van der Waals surface area contributed by atoms with Crippen molar-refractivity contribution in [3.63, 3.8) is 0 Å². The Morgan fingerprint density at radius 1 is 0.195 bits per heavy atom. The third-order valence-electron chi connectivity index (χ3n) is 26.6. The van der Waals surface area contributed by atoms with E-state index in [1.165, 1.54) is 225 Å². The quantitative estimate of drug-likeness (QED) is 0.123. The molecule has 0 atom stereocenters. The van der Waals surface area contributed by atoms with Gasteiger partial charge >= 0.3 is 7.12 Å². The summed E-state index contributed by atoms with van der Waals surface area (Å²) in [4.78, 5) is 0. The van der Waals surface area contributed by atoms with Crippen molar-refractivity contribution in [1.82, 2.24) is 0 Å². The monoisotopic (exact) mass is 1640 g/mol. The maximum atomic E-state index is 9.46. The lowest BCUT2D eigenvalue weighted by atomic mass is 9.77. The summed E-state index contributed by atoms with van der Waals surface area (Å²) in [5.41, 5.74) is 31.1. The van der Waals surface area contributed by atoms with Gasteiger partial charge in [-0.15, -0.1) is 0 Å². The number of benzene rings is 21. The van der Waals surface area contributed by atoms with Crippen LogP contribution in [-0.2, 0) is 16.2 Å². The number of fused-ring (bicyclic) bond motifs is 12. The van der Waals surface area contributed by atoms with Crippen LogP contribution in [0.25, 0.3) is 197 Å². The molecule has 2 N–H and O–H groups in total. The molecule has 0 bridgehead atoms. The Labute approximate surface area is 704 Å². The number of halogens is 2. The third-order valence-corrected chi connectivity index (χ3v) is 27.9. The van der Waals surface area contributed by atoms with Crippen molar-refractivity contribution in [2.24, 2.45) is 0 Å². The largest absolute Gasteiger partial charge is 0.488 e. The molecule has 0 saturated carbocycles. The number of hydrogen-bond donors (Lipinski definition) is 2. The molecule has 0 fully saturated rings. The van der Waals surface area contributed by atoms with Crippen molar-refractivity contribution >= 4 is 141 Å². The minimum Gasteiger partial charge on any atom is -0.423 e. The predicted octanol–water partition coefficient (Wildman–Crippen LogP) is 30.4. The molecule has 0 amide bonds. The average molecular weight is 1640 g/mol. The second-order valence-corrected chi connectivity index (χ2v) is 35.9. The van der Waals surface area contributed by atoms with Crippen molar-refractivity contribution in [1.29, 1.82) is 0 Å². The van der Waals surface area contributed by atoms with Gasteiger partial charge in [0.1, 0.15) is 0 Å². The zero-order chi connectivity index (χ0) is 79.8. The molecule has 21 aromatic carbocycles. The first-order valence-corrected chi connectivity index (χ1v) is 42.5. The average Bonchev–Trinajstić information content (AvgIpc) is 1.71. The van der Waals surface area contributed by atoms with Crippen LogP contribution in [0.2, 0.25) is 0 Å². The SMILES string of the molecule is Brc1cc(-c2ccccc2)c2ccc3c(Br)cc(-c4ccccc4)c4ccc1c2c34.CC1(C)c2ccc(-c3cc(-c4ccccc4)c4ccc5c(-c6ccc7c(c6)-c6cc8ccccc8cc6C7(C)C)cc(-c6ccccc6)c6ccc3c4c65)cc2-c2cc3ccccc3cc21.CC1(C)c2ccc(B(O)O)cc2-c2cc3ccccc3cc21. The molecule has 24 rings (SSSR count). The van der Waals surface area contributed by atoms with Gasteiger partial charge in [0.2, 0.25) is 0 Å². The van der Waals surface area contributed by atoms with E-state index in [1.54, 1.807) is 6.07 Å². The number of rotatable bonds is 7. The van der Waals surface area contributed by atoms with Crippen LogP contribution in [0.5, 0.6) is 0 Å². The van der Waals surface area contributed by atoms with E-state index < -0.39 is 7.12 Å². The Kier molecular flexibility index (Phi) is 16.6. The van der Waals surface area contributed by atoms with E-state index in [-0.39, 0.29) is 16.2 Å². The van der Waals surface area contributed by atoms with Crippen LogP contribution in [0.3, 0.4) is 0 Å². The van der Waals surface area contributed by atoms with Gasteiger partial charge in [0.15, 0.2) is 0 Å². The van der Waals surface area contributed by atoms with Gasteiger partial charge in [-0.3, -0.25) is 0 Å². The number of hydrogen-bond acceptors (Lipinski definition) is 2. The molecule has 118 heavy (non-hydrogen) atoms. The van der Waals surface area contributed by atoms with Gasteiger partial charge in [0.25, 0.3) is 0 Å². The highest BCUT2D eigenvalue weighted by molar-refractivity contribution is 9.11. The normalized spacial score (nSPS) is 13.7. The summed E-state index contributed by atoms with van der Waals surface area (Å²) < 4.78 is 2.26. The molecular weight excluding hydrogens is 1560 g/mol. The summed E-state index contributed by atoms with van der Waals surface area (Å²) in [6, 6.07) is 132. The van der Waals surface area contributed by atoms with Crippen LogP contribution in [0.1, 0.15) is 74.9 Å². The van der Waals surface area contributed by atoms with E-state index in [4.69, 9.17) is 0 Å². The van der Waals surface area contributed by atoms with E-state index in [2.05, 4.69) is 407 Å². The lowest BCUT2D eigenvalue weighted by Crippen LogP contribution is -2.30. The minimum absolute atomic E-state index is 0.0758. The Morgan fingerprint density at radius 3 is 0.737 bits per heavy atom. The third kappa shape index (κ3) is 11.2. The van der Waals surface area contributed by atoms with Crippen molar-refractivity contribution in [2.45, 2.75) is 57.8 Å². The van der Waals surface area contributed by atoms with Crippen LogP contribution >= 0.6 is 31.9 Å². The molecule has 560 valence electrons. The predicted molar refractivity (Wildman–Crippen MR) is 510 cm³/mol. The Morgan fingerprint density at radius 2 is 0.432 bits per heavy atom. The fourth-order valence-corrected chi connectivity index (χ4v) is 21.7. The highest BCUT2D eigenvalue weighted by atomic mass is 79.9. The molecular formula is C113H79BBr2O2. The van der Waals surface area contributed by atoms with E-state index in [0.29, 0.717) is 5.46 Å². The molecule has 0 spiro atoms. The van der Waals surface area contributed by atoms with Gasteiger partial charge in [-0.05, 0) is 309 Å². The van der Waals surface area contributed by atoms with Crippen LogP contribution in [0, 0.1) is 0 Å². The molecule has 21 aromatic rings. The Balaban J connectivity index is 0.000000132. The summed E-state index contributed by atoms with van der Waals surface area (Å²) in [6.07, 6.45) is 0. The minimum atomic E-state index is -1.43. The van der Waals surface area contributed by atoms with E-state index >= 15 is 0 Å². The van der Waals surface area contributed by atoms with Crippen LogP contribution < -0.4 is 5.46 Å². The molecule has 0 unspecified atom stereocenters. The van der Waals surface area contributed by atoms with Gasteiger partial charge in [-0.1, -0.05) is 359 Å².